The topological polar surface area (TPSA) is 70.2 Å². The maximum Gasteiger partial charge on any atom is 0.242 e. The molecule has 0 bridgehead atoms. The number of carbonyl (C=O) groups excluding carboxylic acids is 1. The van der Waals surface area contributed by atoms with Crippen molar-refractivity contribution >= 4 is 29.3 Å². The fourth-order valence-corrected chi connectivity index (χ4v) is 2.46. The molecule has 0 aromatic carbocycles. The first-order valence-corrected chi connectivity index (χ1v) is 7.36. The van der Waals surface area contributed by atoms with Crippen LogP contribution in [0.1, 0.15) is 26.7 Å². The fourth-order valence-electron chi connectivity index (χ4n) is 2.26. The predicted molar refractivity (Wildman–Crippen MR) is 80.3 cm³/mol. The number of piperazine rings is 1. The number of halogens is 1. The van der Waals surface area contributed by atoms with E-state index in [9.17, 15) is 4.79 Å². The summed E-state index contributed by atoms with van der Waals surface area (Å²) in [5.74, 6) is 1.20. The first kappa shape index (κ1) is 14.8. The molecule has 0 radical (unpaired) electrons. The fraction of sp³-hybridized carbons (Fsp3) is 0.615. The highest BCUT2D eigenvalue weighted by molar-refractivity contribution is 6.32. The summed E-state index contributed by atoms with van der Waals surface area (Å²) in [6, 6.07) is -0.227. The van der Waals surface area contributed by atoms with Crippen LogP contribution < -0.4 is 15.5 Å². The van der Waals surface area contributed by atoms with Gasteiger partial charge in [0.05, 0.1) is 6.20 Å². The van der Waals surface area contributed by atoms with Crippen LogP contribution in [-0.4, -0.2) is 41.6 Å². The molecule has 2 heterocycles. The van der Waals surface area contributed by atoms with Crippen LogP contribution in [0, 0.1) is 0 Å². The number of nitrogens with one attached hydrogen (secondary N) is 2. The van der Waals surface area contributed by atoms with Gasteiger partial charge in [-0.15, -0.1) is 0 Å². The van der Waals surface area contributed by atoms with Crippen LogP contribution in [0.25, 0.3) is 0 Å². The van der Waals surface area contributed by atoms with Gasteiger partial charge in [0.2, 0.25) is 11.9 Å². The van der Waals surface area contributed by atoms with Gasteiger partial charge in [0.15, 0.2) is 5.82 Å². The summed E-state index contributed by atoms with van der Waals surface area (Å²) in [6.07, 6.45) is 3.29. The second-order valence-corrected chi connectivity index (χ2v) is 5.11. The Kier molecular flexibility index (Phi) is 5.00. The SMILES string of the molecule is CCCNc1ncc(Cl)c(N2CCNC(=O)C2CC)n1. The number of anilines is 2. The summed E-state index contributed by atoms with van der Waals surface area (Å²) in [7, 11) is 0. The summed E-state index contributed by atoms with van der Waals surface area (Å²) in [5.41, 5.74) is 0. The molecule has 0 saturated carbocycles. The first-order chi connectivity index (χ1) is 9.67. The van der Waals surface area contributed by atoms with E-state index in [2.05, 4.69) is 27.5 Å². The summed E-state index contributed by atoms with van der Waals surface area (Å²) in [4.78, 5) is 22.5. The molecular weight excluding hydrogens is 278 g/mol. The maximum atomic E-state index is 11.9. The summed E-state index contributed by atoms with van der Waals surface area (Å²) in [6.45, 7) is 6.17. The molecule has 0 aliphatic carbocycles. The summed E-state index contributed by atoms with van der Waals surface area (Å²) < 4.78 is 0. The van der Waals surface area contributed by atoms with E-state index in [4.69, 9.17) is 11.6 Å². The van der Waals surface area contributed by atoms with E-state index in [1.165, 1.54) is 0 Å². The van der Waals surface area contributed by atoms with Crippen molar-refractivity contribution in [3.05, 3.63) is 11.2 Å². The predicted octanol–water partition coefficient (Wildman–Crippen LogP) is 1.67. The molecule has 2 rings (SSSR count). The highest BCUT2D eigenvalue weighted by atomic mass is 35.5. The molecular formula is C13H20ClN5O. The molecule has 1 atom stereocenters. The minimum Gasteiger partial charge on any atom is -0.354 e. The normalized spacial score (nSPS) is 18.9. The molecule has 20 heavy (non-hydrogen) atoms. The Morgan fingerprint density at radius 3 is 3.05 bits per heavy atom. The Bertz CT molecular complexity index is 482. The average Bonchev–Trinajstić information content (AvgIpc) is 2.46. The molecule has 1 aliphatic rings. The minimum atomic E-state index is -0.227. The lowest BCUT2D eigenvalue weighted by atomic mass is 10.1. The Labute approximate surface area is 123 Å². The van der Waals surface area contributed by atoms with Crippen LogP contribution in [-0.2, 0) is 4.79 Å². The number of aromatic nitrogens is 2. The third-order valence-electron chi connectivity index (χ3n) is 3.25. The van der Waals surface area contributed by atoms with E-state index < -0.39 is 0 Å². The second kappa shape index (κ2) is 6.74. The number of nitrogens with zero attached hydrogens (tertiary/aromatic N) is 3. The summed E-state index contributed by atoms with van der Waals surface area (Å²) >= 11 is 6.21. The molecule has 1 saturated heterocycles. The molecule has 1 unspecified atom stereocenters. The molecule has 1 aliphatic heterocycles. The lowest BCUT2D eigenvalue weighted by Gasteiger charge is -2.35. The second-order valence-electron chi connectivity index (χ2n) is 4.70. The Hall–Kier alpha value is -1.56. The standard InChI is InChI=1S/C13H20ClN5O/c1-3-5-16-13-17-8-9(14)11(18-13)19-7-6-15-12(20)10(19)4-2/h8,10H,3-7H2,1-2H3,(H,15,20)(H,16,17,18). The van der Waals surface area contributed by atoms with Crippen molar-refractivity contribution in [2.75, 3.05) is 29.9 Å². The monoisotopic (exact) mass is 297 g/mol. The molecule has 110 valence electrons. The van der Waals surface area contributed by atoms with Crippen molar-refractivity contribution in [1.82, 2.24) is 15.3 Å². The van der Waals surface area contributed by atoms with Gasteiger partial charge in [-0.25, -0.2) is 4.98 Å². The lowest BCUT2D eigenvalue weighted by Crippen LogP contribution is -2.55. The van der Waals surface area contributed by atoms with Gasteiger partial charge in [0, 0.05) is 19.6 Å². The van der Waals surface area contributed by atoms with Crippen molar-refractivity contribution in [2.24, 2.45) is 0 Å². The molecule has 2 N–H and O–H groups in total. The van der Waals surface area contributed by atoms with E-state index in [0.717, 1.165) is 13.0 Å². The van der Waals surface area contributed by atoms with Gasteiger partial charge in [-0.05, 0) is 12.8 Å². The summed E-state index contributed by atoms with van der Waals surface area (Å²) in [5, 5.41) is 6.48. The third kappa shape index (κ3) is 3.12. The van der Waals surface area contributed by atoms with Crippen molar-refractivity contribution in [3.8, 4) is 0 Å². The maximum absolute atomic E-state index is 11.9. The number of hydrogen-bond donors (Lipinski definition) is 2. The Morgan fingerprint density at radius 1 is 1.55 bits per heavy atom. The van der Waals surface area contributed by atoms with E-state index in [-0.39, 0.29) is 11.9 Å². The quantitative estimate of drug-likeness (QED) is 0.865. The van der Waals surface area contributed by atoms with Crippen LogP contribution in [0.2, 0.25) is 5.02 Å². The van der Waals surface area contributed by atoms with Crippen LogP contribution in [0.5, 0.6) is 0 Å². The van der Waals surface area contributed by atoms with Crippen LogP contribution in [0.4, 0.5) is 11.8 Å². The van der Waals surface area contributed by atoms with Crippen molar-refractivity contribution < 1.29 is 4.79 Å². The third-order valence-corrected chi connectivity index (χ3v) is 3.51. The number of carbonyl (C=O) groups is 1. The zero-order valence-corrected chi connectivity index (χ0v) is 12.6. The molecule has 0 spiro atoms. The van der Waals surface area contributed by atoms with Gasteiger partial charge in [-0.2, -0.15) is 4.98 Å². The Balaban J connectivity index is 2.27. The van der Waals surface area contributed by atoms with Gasteiger partial charge in [0.25, 0.3) is 0 Å². The molecule has 1 amide bonds. The van der Waals surface area contributed by atoms with Crippen molar-refractivity contribution in [2.45, 2.75) is 32.7 Å². The largest absolute Gasteiger partial charge is 0.354 e. The minimum absolute atomic E-state index is 0.0245. The average molecular weight is 298 g/mol. The highest BCUT2D eigenvalue weighted by Crippen LogP contribution is 2.27. The van der Waals surface area contributed by atoms with Crippen molar-refractivity contribution in [3.63, 3.8) is 0 Å². The van der Waals surface area contributed by atoms with E-state index in [1.54, 1.807) is 6.20 Å². The van der Waals surface area contributed by atoms with Gasteiger partial charge < -0.3 is 15.5 Å². The smallest absolute Gasteiger partial charge is 0.242 e. The molecule has 1 aromatic rings. The van der Waals surface area contributed by atoms with E-state index in [1.807, 2.05) is 11.8 Å². The zero-order valence-electron chi connectivity index (χ0n) is 11.8. The number of rotatable bonds is 5. The first-order valence-electron chi connectivity index (χ1n) is 6.98. The van der Waals surface area contributed by atoms with Crippen LogP contribution in [0.15, 0.2) is 6.20 Å². The van der Waals surface area contributed by atoms with Gasteiger partial charge in [0.1, 0.15) is 11.1 Å². The lowest BCUT2D eigenvalue weighted by molar-refractivity contribution is -0.123. The van der Waals surface area contributed by atoms with Crippen molar-refractivity contribution in [1.29, 1.82) is 0 Å². The zero-order chi connectivity index (χ0) is 14.5. The van der Waals surface area contributed by atoms with Crippen LogP contribution >= 0.6 is 11.6 Å². The molecule has 6 nitrogen and oxygen atoms in total. The molecule has 7 heteroatoms. The molecule has 1 fully saturated rings. The Morgan fingerprint density at radius 2 is 2.35 bits per heavy atom. The van der Waals surface area contributed by atoms with E-state index in [0.29, 0.717) is 36.3 Å². The molecule has 1 aromatic heterocycles. The van der Waals surface area contributed by atoms with Crippen LogP contribution in [0.3, 0.4) is 0 Å². The highest BCUT2D eigenvalue weighted by Gasteiger charge is 2.30. The van der Waals surface area contributed by atoms with Gasteiger partial charge in [-0.1, -0.05) is 25.4 Å². The number of hydrogen-bond acceptors (Lipinski definition) is 5. The van der Waals surface area contributed by atoms with Gasteiger partial charge >= 0.3 is 0 Å². The van der Waals surface area contributed by atoms with Gasteiger partial charge in [-0.3, -0.25) is 4.79 Å². The number of amides is 1. The van der Waals surface area contributed by atoms with E-state index >= 15 is 0 Å².